The van der Waals surface area contributed by atoms with E-state index in [1.807, 2.05) is 0 Å². The van der Waals surface area contributed by atoms with Crippen molar-refractivity contribution in [2.45, 2.75) is 52.9 Å². The second-order valence-electron chi connectivity index (χ2n) is 4.04. The molecule has 1 N–H and O–H groups in total. The standard InChI is InChI=1S/C12H26O2/c1-4-12(5-2,6-3)11-14-10-8-7-9-13/h13H,4-11H2,1-3H3. The molecular formula is C12H26O2. The average molecular weight is 202 g/mol. The average Bonchev–Trinajstić information content (AvgIpc) is 2.24. The first-order chi connectivity index (χ1) is 6.74. The Kier molecular flexibility index (Phi) is 8.20. The highest BCUT2D eigenvalue weighted by Crippen LogP contribution is 2.30. The van der Waals surface area contributed by atoms with Crippen LogP contribution in [0, 0.1) is 5.41 Å². The Balaban J connectivity index is 3.61. The summed E-state index contributed by atoms with van der Waals surface area (Å²) in [4.78, 5) is 0. The molecule has 2 heteroatoms. The minimum atomic E-state index is 0.282. The van der Waals surface area contributed by atoms with Gasteiger partial charge in [-0.2, -0.15) is 0 Å². The first-order valence-corrected chi connectivity index (χ1v) is 5.93. The van der Waals surface area contributed by atoms with E-state index in [0.29, 0.717) is 5.41 Å². The molecule has 0 radical (unpaired) electrons. The zero-order valence-corrected chi connectivity index (χ0v) is 10.0. The maximum atomic E-state index is 8.61. The van der Waals surface area contributed by atoms with Crippen LogP contribution in [-0.4, -0.2) is 24.9 Å². The summed E-state index contributed by atoms with van der Waals surface area (Å²) < 4.78 is 5.66. The third-order valence-corrected chi connectivity index (χ3v) is 3.36. The smallest absolute Gasteiger partial charge is 0.0522 e. The molecule has 0 spiro atoms. The van der Waals surface area contributed by atoms with Crippen molar-refractivity contribution >= 4 is 0 Å². The van der Waals surface area contributed by atoms with E-state index in [0.717, 1.165) is 26.1 Å². The second kappa shape index (κ2) is 8.25. The molecule has 0 aliphatic rings. The van der Waals surface area contributed by atoms with Gasteiger partial charge in [-0.25, -0.2) is 0 Å². The Labute approximate surface area is 88.7 Å². The lowest BCUT2D eigenvalue weighted by molar-refractivity contribution is 0.0322. The molecule has 0 rings (SSSR count). The Morgan fingerprint density at radius 3 is 2.00 bits per heavy atom. The quantitative estimate of drug-likeness (QED) is 0.582. The van der Waals surface area contributed by atoms with Crippen LogP contribution in [-0.2, 0) is 4.74 Å². The van der Waals surface area contributed by atoms with E-state index in [9.17, 15) is 0 Å². The molecule has 0 aliphatic heterocycles. The molecule has 0 bridgehead atoms. The molecule has 0 aromatic carbocycles. The molecule has 0 saturated carbocycles. The molecule has 0 amide bonds. The molecule has 0 unspecified atom stereocenters. The summed E-state index contributed by atoms with van der Waals surface area (Å²) >= 11 is 0. The van der Waals surface area contributed by atoms with E-state index in [-0.39, 0.29) is 6.61 Å². The van der Waals surface area contributed by atoms with Crippen LogP contribution in [0.3, 0.4) is 0 Å². The summed E-state index contributed by atoms with van der Waals surface area (Å²) in [6, 6.07) is 0. The molecule has 14 heavy (non-hydrogen) atoms. The highest BCUT2D eigenvalue weighted by Gasteiger charge is 2.23. The Morgan fingerprint density at radius 1 is 1.00 bits per heavy atom. The minimum Gasteiger partial charge on any atom is -0.396 e. The molecule has 0 heterocycles. The van der Waals surface area contributed by atoms with E-state index in [4.69, 9.17) is 9.84 Å². The number of aliphatic hydroxyl groups is 1. The van der Waals surface area contributed by atoms with Crippen LogP contribution in [0.1, 0.15) is 52.9 Å². The lowest BCUT2D eigenvalue weighted by atomic mass is 9.81. The van der Waals surface area contributed by atoms with E-state index >= 15 is 0 Å². The van der Waals surface area contributed by atoms with Crippen LogP contribution in [0.15, 0.2) is 0 Å². The van der Waals surface area contributed by atoms with Crippen molar-refractivity contribution in [1.29, 1.82) is 0 Å². The monoisotopic (exact) mass is 202 g/mol. The molecule has 0 fully saturated rings. The van der Waals surface area contributed by atoms with Crippen LogP contribution in [0.25, 0.3) is 0 Å². The van der Waals surface area contributed by atoms with Crippen molar-refractivity contribution in [2.75, 3.05) is 19.8 Å². The molecule has 0 atom stereocenters. The molecule has 0 aliphatic carbocycles. The predicted octanol–water partition coefficient (Wildman–Crippen LogP) is 2.99. The lowest BCUT2D eigenvalue weighted by Crippen LogP contribution is -2.24. The van der Waals surface area contributed by atoms with Crippen molar-refractivity contribution < 1.29 is 9.84 Å². The maximum absolute atomic E-state index is 8.61. The molecule has 86 valence electrons. The van der Waals surface area contributed by atoms with Gasteiger partial charge in [0, 0.05) is 13.2 Å². The molecule has 0 saturated heterocycles. The third-order valence-electron chi connectivity index (χ3n) is 3.36. The number of hydrogen-bond donors (Lipinski definition) is 1. The fourth-order valence-electron chi connectivity index (χ4n) is 1.66. The summed E-state index contributed by atoms with van der Waals surface area (Å²) in [5.41, 5.74) is 0.388. The van der Waals surface area contributed by atoms with Gasteiger partial charge in [-0.05, 0) is 37.5 Å². The van der Waals surface area contributed by atoms with Gasteiger partial charge in [0.05, 0.1) is 6.61 Å². The molecule has 2 nitrogen and oxygen atoms in total. The van der Waals surface area contributed by atoms with Crippen molar-refractivity contribution in [3.8, 4) is 0 Å². The fourth-order valence-corrected chi connectivity index (χ4v) is 1.66. The van der Waals surface area contributed by atoms with Gasteiger partial charge < -0.3 is 9.84 Å². The summed E-state index contributed by atoms with van der Waals surface area (Å²) in [6.45, 7) is 8.67. The number of rotatable bonds is 9. The molecule has 0 aromatic rings. The van der Waals surface area contributed by atoms with Gasteiger partial charge in [-0.15, -0.1) is 0 Å². The normalized spacial score (nSPS) is 12.0. The zero-order chi connectivity index (χ0) is 10.9. The van der Waals surface area contributed by atoms with Crippen molar-refractivity contribution in [2.24, 2.45) is 5.41 Å². The first kappa shape index (κ1) is 13.9. The van der Waals surface area contributed by atoms with Gasteiger partial charge in [0.1, 0.15) is 0 Å². The number of unbranched alkanes of at least 4 members (excludes halogenated alkanes) is 1. The predicted molar refractivity (Wildman–Crippen MR) is 60.4 cm³/mol. The van der Waals surface area contributed by atoms with E-state index in [2.05, 4.69) is 20.8 Å². The number of hydrogen-bond acceptors (Lipinski definition) is 2. The summed E-state index contributed by atoms with van der Waals surface area (Å²) in [5, 5.41) is 8.61. The van der Waals surface area contributed by atoms with E-state index in [1.54, 1.807) is 0 Å². The van der Waals surface area contributed by atoms with Gasteiger partial charge in [-0.1, -0.05) is 20.8 Å². The second-order valence-corrected chi connectivity index (χ2v) is 4.04. The van der Waals surface area contributed by atoms with Crippen LogP contribution in [0.4, 0.5) is 0 Å². The topological polar surface area (TPSA) is 29.5 Å². The summed E-state index contributed by atoms with van der Waals surface area (Å²) in [7, 11) is 0. The van der Waals surface area contributed by atoms with Gasteiger partial charge in [0.2, 0.25) is 0 Å². The molecular weight excluding hydrogens is 176 g/mol. The summed E-state index contributed by atoms with van der Waals surface area (Å²) in [6.07, 6.45) is 5.42. The fraction of sp³-hybridized carbons (Fsp3) is 1.00. The van der Waals surface area contributed by atoms with Crippen LogP contribution in [0.5, 0.6) is 0 Å². The minimum absolute atomic E-state index is 0.282. The van der Waals surface area contributed by atoms with Crippen molar-refractivity contribution in [1.82, 2.24) is 0 Å². The number of aliphatic hydroxyl groups excluding tert-OH is 1. The van der Waals surface area contributed by atoms with Crippen LogP contribution in [0.2, 0.25) is 0 Å². The van der Waals surface area contributed by atoms with Gasteiger partial charge in [0.25, 0.3) is 0 Å². The van der Waals surface area contributed by atoms with E-state index in [1.165, 1.54) is 19.3 Å². The largest absolute Gasteiger partial charge is 0.396 e. The van der Waals surface area contributed by atoms with Gasteiger partial charge in [0.15, 0.2) is 0 Å². The van der Waals surface area contributed by atoms with Gasteiger partial charge >= 0.3 is 0 Å². The SMILES string of the molecule is CCC(CC)(CC)COCCCCO. The van der Waals surface area contributed by atoms with Crippen molar-refractivity contribution in [3.05, 3.63) is 0 Å². The molecule has 0 aromatic heterocycles. The third kappa shape index (κ3) is 4.97. The lowest BCUT2D eigenvalue weighted by Gasteiger charge is -2.30. The highest BCUT2D eigenvalue weighted by atomic mass is 16.5. The van der Waals surface area contributed by atoms with Crippen LogP contribution >= 0.6 is 0 Å². The number of ether oxygens (including phenoxy) is 1. The first-order valence-electron chi connectivity index (χ1n) is 5.93. The maximum Gasteiger partial charge on any atom is 0.0522 e. The van der Waals surface area contributed by atoms with Crippen molar-refractivity contribution in [3.63, 3.8) is 0 Å². The Bertz CT molecular complexity index is 111. The van der Waals surface area contributed by atoms with Crippen LogP contribution < -0.4 is 0 Å². The zero-order valence-electron chi connectivity index (χ0n) is 10.0. The Morgan fingerprint density at radius 2 is 1.57 bits per heavy atom. The highest BCUT2D eigenvalue weighted by molar-refractivity contribution is 4.74. The van der Waals surface area contributed by atoms with Gasteiger partial charge in [-0.3, -0.25) is 0 Å². The Hall–Kier alpha value is -0.0800. The summed E-state index contributed by atoms with van der Waals surface area (Å²) in [5.74, 6) is 0. The van der Waals surface area contributed by atoms with E-state index < -0.39 is 0 Å².